The summed E-state index contributed by atoms with van der Waals surface area (Å²) in [5.74, 6) is -2.84. The van der Waals surface area contributed by atoms with Crippen LogP contribution >= 0.6 is 0 Å². The van der Waals surface area contributed by atoms with Gasteiger partial charge in [0.05, 0.1) is 12.5 Å². The van der Waals surface area contributed by atoms with Crippen LogP contribution in [0.3, 0.4) is 0 Å². The van der Waals surface area contributed by atoms with Gasteiger partial charge in [-0.25, -0.2) is 4.79 Å². The first-order valence-electron chi connectivity index (χ1n) is 11.6. The van der Waals surface area contributed by atoms with Crippen molar-refractivity contribution in [1.82, 2.24) is 10.6 Å². The lowest BCUT2D eigenvalue weighted by molar-refractivity contribution is -0.155. The van der Waals surface area contributed by atoms with Gasteiger partial charge < -0.3 is 25.2 Å². The molecule has 0 unspecified atom stereocenters. The van der Waals surface area contributed by atoms with Crippen molar-refractivity contribution in [2.24, 2.45) is 5.92 Å². The van der Waals surface area contributed by atoms with E-state index in [-0.39, 0.29) is 38.6 Å². The summed E-state index contributed by atoms with van der Waals surface area (Å²) >= 11 is 0. The Morgan fingerprint density at radius 3 is 2.71 bits per heavy atom. The molecule has 0 aliphatic carbocycles. The van der Waals surface area contributed by atoms with Gasteiger partial charge in [-0.15, -0.1) is 0 Å². The number of rotatable bonds is 7. The van der Waals surface area contributed by atoms with E-state index in [1.807, 2.05) is 30.4 Å². The van der Waals surface area contributed by atoms with E-state index in [0.29, 0.717) is 12.8 Å². The molecule has 1 aromatic rings. The predicted molar refractivity (Wildman–Crippen MR) is 124 cm³/mol. The number of carbonyl (C=O) groups is 4. The highest BCUT2D eigenvalue weighted by Crippen LogP contribution is 2.14. The number of aliphatic hydroxyl groups excluding tert-OH is 1. The normalized spacial score (nSPS) is 20.9. The molecule has 2 amide bonds. The fourth-order valence-electron chi connectivity index (χ4n) is 3.33. The number of ether oxygens (including phenoxy) is 2. The van der Waals surface area contributed by atoms with Gasteiger partial charge in [-0.05, 0) is 38.2 Å². The molecule has 186 valence electrons. The highest BCUT2D eigenvalue weighted by molar-refractivity contribution is 5.89. The third-order valence-electron chi connectivity index (χ3n) is 5.31. The fraction of sp³-hybridized carbons (Fsp3) is 0.520. The number of hydrogen-bond acceptors (Lipinski definition) is 7. The number of carbonyl (C=O) groups excluding carboxylic acids is 4. The van der Waals surface area contributed by atoms with E-state index < -0.39 is 35.8 Å². The molecule has 9 nitrogen and oxygen atoms in total. The molecule has 3 atom stereocenters. The average Bonchev–Trinajstić information content (AvgIpc) is 2.83. The molecular formula is C25H34N2O7. The first kappa shape index (κ1) is 27.0. The summed E-state index contributed by atoms with van der Waals surface area (Å²) in [5.41, 5.74) is 0.776. The number of benzene rings is 1. The molecule has 9 heteroatoms. The highest BCUT2D eigenvalue weighted by atomic mass is 16.6. The number of hydrogen-bond donors (Lipinski definition) is 3. The van der Waals surface area contributed by atoms with Crippen LogP contribution in [0.2, 0.25) is 0 Å². The molecule has 2 rings (SSSR count). The summed E-state index contributed by atoms with van der Waals surface area (Å²) < 4.78 is 10.6. The molecule has 1 aliphatic rings. The zero-order chi connectivity index (χ0) is 24.8. The van der Waals surface area contributed by atoms with Crippen molar-refractivity contribution < 1.29 is 33.8 Å². The van der Waals surface area contributed by atoms with Gasteiger partial charge in [-0.2, -0.15) is 0 Å². The summed E-state index contributed by atoms with van der Waals surface area (Å²) in [7, 11) is 0. The first-order chi connectivity index (χ1) is 16.4. The number of esters is 2. The van der Waals surface area contributed by atoms with Crippen LogP contribution < -0.4 is 10.6 Å². The van der Waals surface area contributed by atoms with Crippen LogP contribution in [0.15, 0.2) is 42.5 Å². The largest absolute Gasteiger partial charge is 0.463 e. The minimum Gasteiger partial charge on any atom is -0.463 e. The Labute approximate surface area is 199 Å². The molecule has 0 radical (unpaired) electrons. The number of nitrogens with one attached hydrogen (secondary N) is 2. The highest BCUT2D eigenvalue weighted by Gasteiger charge is 2.29. The summed E-state index contributed by atoms with van der Waals surface area (Å²) in [4.78, 5) is 50.1. The Kier molecular flexibility index (Phi) is 11.8. The van der Waals surface area contributed by atoms with Crippen molar-refractivity contribution in [1.29, 1.82) is 0 Å². The van der Waals surface area contributed by atoms with Gasteiger partial charge >= 0.3 is 11.9 Å². The lowest BCUT2D eigenvalue weighted by atomic mass is 9.98. The Balaban J connectivity index is 2.12. The lowest BCUT2D eigenvalue weighted by Crippen LogP contribution is -2.48. The van der Waals surface area contributed by atoms with Crippen molar-refractivity contribution >= 4 is 23.8 Å². The van der Waals surface area contributed by atoms with Crippen LogP contribution in [0.5, 0.6) is 0 Å². The maximum absolute atomic E-state index is 13.0. The molecular weight excluding hydrogens is 440 g/mol. The van der Waals surface area contributed by atoms with E-state index in [1.165, 1.54) is 0 Å². The van der Waals surface area contributed by atoms with E-state index >= 15 is 0 Å². The number of aliphatic hydroxyl groups is 1. The van der Waals surface area contributed by atoms with Gasteiger partial charge in [-0.3, -0.25) is 14.4 Å². The van der Waals surface area contributed by atoms with Crippen molar-refractivity contribution in [2.45, 2.75) is 64.1 Å². The smallest absolute Gasteiger partial charge is 0.332 e. The quantitative estimate of drug-likeness (QED) is 0.405. The van der Waals surface area contributed by atoms with Gasteiger partial charge in [-0.1, -0.05) is 42.5 Å². The second-order valence-corrected chi connectivity index (χ2v) is 8.34. The van der Waals surface area contributed by atoms with Crippen LogP contribution in [0.25, 0.3) is 0 Å². The number of amides is 2. The molecule has 0 saturated heterocycles. The van der Waals surface area contributed by atoms with Crippen molar-refractivity contribution in [3.8, 4) is 0 Å². The van der Waals surface area contributed by atoms with Gasteiger partial charge in [0.2, 0.25) is 11.8 Å². The molecule has 34 heavy (non-hydrogen) atoms. The van der Waals surface area contributed by atoms with Crippen LogP contribution in [-0.4, -0.2) is 54.2 Å². The monoisotopic (exact) mass is 474 g/mol. The van der Waals surface area contributed by atoms with Gasteiger partial charge in [0.1, 0.15) is 13.2 Å². The summed E-state index contributed by atoms with van der Waals surface area (Å²) in [5, 5.41) is 14.4. The fourth-order valence-corrected chi connectivity index (χ4v) is 3.33. The van der Waals surface area contributed by atoms with E-state index in [0.717, 1.165) is 18.4 Å². The third-order valence-corrected chi connectivity index (χ3v) is 5.31. The third kappa shape index (κ3) is 10.2. The second-order valence-electron chi connectivity index (χ2n) is 8.34. The molecule has 0 bridgehead atoms. The van der Waals surface area contributed by atoms with Crippen molar-refractivity contribution in [3.05, 3.63) is 48.0 Å². The molecule has 0 aromatic heterocycles. The van der Waals surface area contributed by atoms with Crippen LogP contribution in [0, 0.1) is 5.92 Å². The SMILES string of the molecule is C[C@@H](CO)NC(=O)C[C@H]1CC=CCCCCC(=O)OC[C@H](C(=O)OCc2ccccc2)NC1=O. The summed E-state index contributed by atoms with van der Waals surface area (Å²) in [6.45, 7) is 1.09. The van der Waals surface area contributed by atoms with E-state index in [2.05, 4.69) is 10.6 Å². The summed E-state index contributed by atoms with van der Waals surface area (Å²) in [6.07, 6.45) is 6.31. The van der Waals surface area contributed by atoms with E-state index in [9.17, 15) is 19.2 Å². The molecule has 0 fully saturated rings. The van der Waals surface area contributed by atoms with Gasteiger partial charge in [0.25, 0.3) is 0 Å². The Bertz CT molecular complexity index is 841. The van der Waals surface area contributed by atoms with E-state index in [4.69, 9.17) is 14.6 Å². The Morgan fingerprint density at radius 2 is 1.97 bits per heavy atom. The minimum atomic E-state index is -1.20. The molecule has 3 N–H and O–H groups in total. The topological polar surface area (TPSA) is 131 Å². The van der Waals surface area contributed by atoms with Crippen molar-refractivity contribution in [2.75, 3.05) is 13.2 Å². The molecule has 1 heterocycles. The molecule has 0 spiro atoms. The predicted octanol–water partition coefficient (Wildman–Crippen LogP) is 1.78. The number of cyclic esters (lactones) is 1. The molecule has 1 aliphatic heterocycles. The van der Waals surface area contributed by atoms with Crippen LogP contribution in [0.1, 0.15) is 51.0 Å². The summed E-state index contributed by atoms with van der Waals surface area (Å²) in [6, 6.07) is 7.43. The van der Waals surface area contributed by atoms with Crippen molar-refractivity contribution in [3.63, 3.8) is 0 Å². The minimum absolute atomic E-state index is 0.00755. The zero-order valence-electron chi connectivity index (χ0n) is 19.5. The van der Waals surface area contributed by atoms with Gasteiger partial charge in [0, 0.05) is 18.9 Å². The Morgan fingerprint density at radius 1 is 1.21 bits per heavy atom. The zero-order valence-corrected chi connectivity index (χ0v) is 19.5. The van der Waals surface area contributed by atoms with Crippen LogP contribution in [0.4, 0.5) is 0 Å². The van der Waals surface area contributed by atoms with E-state index in [1.54, 1.807) is 19.1 Å². The molecule has 0 saturated carbocycles. The molecule has 1 aromatic carbocycles. The standard InChI is InChI=1S/C25H34N2O7/c1-18(15-28)26-22(29)14-20-12-8-3-2-4-9-13-23(30)33-17-21(27-24(20)31)25(32)34-16-19-10-6-5-7-11-19/h3,5-8,10-11,18,20-21,28H,2,4,9,12-17H2,1H3,(H,26,29)(H,27,31)/t18-,20+,21+/m0/s1. The van der Waals surface area contributed by atoms with Crippen LogP contribution in [-0.2, 0) is 35.3 Å². The first-order valence-corrected chi connectivity index (χ1v) is 11.6. The van der Waals surface area contributed by atoms with Gasteiger partial charge in [0.15, 0.2) is 6.04 Å². The second kappa shape index (κ2) is 14.8. The Hall–Kier alpha value is -3.20. The number of allylic oxidation sites excluding steroid dienone is 2. The average molecular weight is 475 g/mol. The maximum Gasteiger partial charge on any atom is 0.332 e. The lowest BCUT2D eigenvalue weighted by Gasteiger charge is -2.22. The maximum atomic E-state index is 13.0.